The van der Waals surface area contributed by atoms with Gasteiger partial charge in [-0.2, -0.15) is 0 Å². The molecule has 2 aromatic rings. The zero-order chi connectivity index (χ0) is 15.5. The van der Waals surface area contributed by atoms with Crippen molar-refractivity contribution in [1.29, 1.82) is 0 Å². The molecule has 1 aliphatic carbocycles. The molecule has 0 aromatic carbocycles. The predicted molar refractivity (Wildman–Crippen MR) is 82.5 cm³/mol. The van der Waals surface area contributed by atoms with Crippen LogP contribution in [0.2, 0.25) is 5.28 Å². The first-order valence-corrected chi connectivity index (χ1v) is 7.45. The molecule has 1 saturated carbocycles. The van der Waals surface area contributed by atoms with Crippen LogP contribution in [0, 0.1) is 6.92 Å². The number of halogens is 1. The summed E-state index contributed by atoms with van der Waals surface area (Å²) >= 11 is 5.91. The summed E-state index contributed by atoms with van der Waals surface area (Å²) in [5.74, 6) is 0.0465. The lowest BCUT2D eigenvalue weighted by atomic mass is 9.91. The highest BCUT2D eigenvalue weighted by molar-refractivity contribution is 6.28. The first-order valence-electron chi connectivity index (χ1n) is 7.07. The summed E-state index contributed by atoms with van der Waals surface area (Å²) in [4.78, 5) is 27.4. The number of pyridine rings is 1. The second-order valence-corrected chi connectivity index (χ2v) is 6.20. The van der Waals surface area contributed by atoms with Crippen LogP contribution in [0.3, 0.4) is 0 Å². The van der Waals surface area contributed by atoms with Crippen molar-refractivity contribution in [3.05, 3.63) is 40.7 Å². The number of aromatic nitrogens is 3. The highest BCUT2D eigenvalue weighted by atomic mass is 35.5. The van der Waals surface area contributed by atoms with E-state index in [1.165, 1.54) is 0 Å². The van der Waals surface area contributed by atoms with E-state index in [0.717, 1.165) is 35.5 Å². The van der Waals surface area contributed by atoms with Crippen LogP contribution in [0.4, 0.5) is 11.4 Å². The molecule has 0 radical (unpaired) electrons. The van der Waals surface area contributed by atoms with Crippen LogP contribution in [0.15, 0.2) is 18.5 Å². The van der Waals surface area contributed by atoms with Gasteiger partial charge in [0.15, 0.2) is 0 Å². The maximum Gasteiger partial charge on any atom is 0.239 e. The lowest BCUT2D eigenvalue weighted by Gasteiger charge is -2.34. The number of rotatable bonds is 1. The molecule has 3 heterocycles. The molecule has 112 valence electrons. The zero-order valence-electron chi connectivity index (χ0n) is 12.0. The fourth-order valence-corrected chi connectivity index (χ4v) is 3.23. The number of hydrogen-bond acceptors (Lipinski definition) is 5. The van der Waals surface area contributed by atoms with Crippen LogP contribution in [0.25, 0.3) is 0 Å². The van der Waals surface area contributed by atoms with Crippen molar-refractivity contribution in [2.75, 3.05) is 10.6 Å². The summed E-state index contributed by atoms with van der Waals surface area (Å²) < 4.78 is 0. The van der Waals surface area contributed by atoms with Gasteiger partial charge in [0.2, 0.25) is 11.2 Å². The van der Waals surface area contributed by atoms with Crippen LogP contribution in [0.5, 0.6) is 0 Å². The van der Waals surface area contributed by atoms with Gasteiger partial charge in [0.1, 0.15) is 0 Å². The number of nitrogens with zero attached hydrogens (tertiary/aromatic N) is 4. The molecule has 1 aliphatic heterocycles. The molecule has 6 nitrogen and oxygen atoms in total. The molecule has 2 aliphatic rings. The smallest absolute Gasteiger partial charge is 0.239 e. The number of aryl methyl sites for hydroxylation is 1. The molecule has 7 heteroatoms. The highest BCUT2D eigenvalue weighted by Crippen LogP contribution is 2.53. The van der Waals surface area contributed by atoms with Crippen molar-refractivity contribution >= 4 is 28.9 Å². The number of nitrogens with two attached hydrogens (primary N) is 1. The van der Waals surface area contributed by atoms with E-state index >= 15 is 0 Å². The van der Waals surface area contributed by atoms with Gasteiger partial charge in [-0.1, -0.05) is 0 Å². The molecule has 1 spiro atoms. The first-order chi connectivity index (χ1) is 10.5. The third-order valence-electron chi connectivity index (χ3n) is 4.39. The van der Waals surface area contributed by atoms with Crippen molar-refractivity contribution in [3.63, 3.8) is 0 Å². The lowest BCUT2D eigenvalue weighted by molar-refractivity contribution is -0.121. The Kier molecular flexibility index (Phi) is 2.69. The summed E-state index contributed by atoms with van der Waals surface area (Å²) in [6.45, 7) is 2.29. The summed E-state index contributed by atoms with van der Waals surface area (Å²) in [5, 5.41) is 0.188. The molecular formula is C15H14ClN5O. The van der Waals surface area contributed by atoms with E-state index in [1.54, 1.807) is 23.4 Å². The standard InChI is InChI=1S/C15H14ClN5O/c1-8-11(4-10(17)6-18-8)21-7-9-5-19-14(16)20-12(9)15(2-3-15)13(21)22/h4-6H,2-3,7,17H2,1H3. The zero-order valence-corrected chi connectivity index (χ0v) is 12.8. The summed E-state index contributed by atoms with van der Waals surface area (Å²) in [7, 11) is 0. The maximum absolute atomic E-state index is 13.0. The second kappa shape index (κ2) is 4.39. The van der Waals surface area contributed by atoms with Crippen molar-refractivity contribution in [2.45, 2.75) is 31.7 Å². The van der Waals surface area contributed by atoms with Crippen LogP contribution in [-0.4, -0.2) is 20.9 Å². The largest absolute Gasteiger partial charge is 0.397 e. The molecule has 4 rings (SSSR count). The Morgan fingerprint density at radius 3 is 2.82 bits per heavy atom. The van der Waals surface area contributed by atoms with E-state index in [1.807, 2.05) is 6.92 Å². The summed E-state index contributed by atoms with van der Waals surface area (Å²) in [5.41, 5.74) is 9.06. The fourth-order valence-electron chi connectivity index (χ4n) is 3.10. The van der Waals surface area contributed by atoms with E-state index in [0.29, 0.717) is 12.2 Å². The van der Waals surface area contributed by atoms with Gasteiger partial charge in [-0.3, -0.25) is 9.78 Å². The van der Waals surface area contributed by atoms with Gasteiger partial charge in [-0.15, -0.1) is 0 Å². The van der Waals surface area contributed by atoms with E-state index in [4.69, 9.17) is 17.3 Å². The number of carbonyl (C=O) groups excluding carboxylic acids is 1. The van der Waals surface area contributed by atoms with Crippen molar-refractivity contribution in [1.82, 2.24) is 15.0 Å². The van der Waals surface area contributed by atoms with E-state index in [2.05, 4.69) is 15.0 Å². The van der Waals surface area contributed by atoms with Crippen LogP contribution >= 0.6 is 11.6 Å². The monoisotopic (exact) mass is 315 g/mol. The average molecular weight is 316 g/mol. The van der Waals surface area contributed by atoms with E-state index < -0.39 is 5.41 Å². The Hall–Kier alpha value is -2.21. The van der Waals surface area contributed by atoms with Gasteiger partial charge in [0.25, 0.3) is 0 Å². The normalized spacial score (nSPS) is 18.5. The number of nitrogen functional groups attached to an aromatic ring is 1. The molecule has 0 bridgehead atoms. The molecule has 0 saturated heterocycles. The minimum absolute atomic E-state index is 0.0465. The average Bonchev–Trinajstić information content (AvgIpc) is 3.28. The van der Waals surface area contributed by atoms with Crippen LogP contribution in [-0.2, 0) is 16.8 Å². The van der Waals surface area contributed by atoms with Crippen LogP contribution < -0.4 is 10.6 Å². The van der Waals surface area contributed by atoms with Crippen molar-refractivity contribution in [2.24, 2.45) is 0 Å². The molecule has 2 N–H and O–H groups in total. The third-order valence-corrected chi connectivity index (χ3v) is 4.58. The maximum atomic E-state index is 13.0. The SMILES string of the molecule is Cc1ncc(N)cc1N1Cc2cnc(Cl)nc2C2(CC2)C1=O. The van der Waals surface area contributed by atoms with Gasteiger partial charge in [0, 0.05) is 11.8 Å². The topological polar surface area (TPSA) is 85.0 Å². The first kappa shape index (κ1) is 13.5. The molecular weight excluding hydrogens is 302 g/mol. The van der Waals surface area contributed by atoms with Crippen molar-refractivity contribution in [3.8, 4) is 0 Å². The van der Waals surface area contributed by atoms with Gasteiger partial charge in [0.05, 0.1) is 40.9 Å². The third kappa shape index (κ3) is 1.80. The molecule has 0 unspecified atom stereocenters. The summed E-state index contributed by atoms with van der Waals surface area (Å²) in [6, 6.07) is 1.79. The number of hydrogen-bond donors (Lipinski definition) is 1. The number of anilines is 2. The van der Waals surface area contributed by atoms with Crippen LogP contribution in [0.1, 0.15) is 29.8 Å². The Balaban J connectivity index is 1.86. The fraction of sp³-hybridized carbons (Fsp3) is 0.333. The molecule has 0 atom stereocenters. The van der Waals surface area contributed by atoms with Gasteiger partial charge in [-0.25, -0.2) is 9.97 Å². The second-order valence-electron chi connectivity index (χ2n) is 5.86. The van der Waals surface area contributed by atoms with E-state index in [9.17, 15) is 4.79 Å². The highest BCUT2D eigenvalue weighted by Gasteiger charge is 2.58. The molecule has 1 fully saturated rings. The summed E-state index contributed by atoms with van der Waals surface area (Å²) in [6.07, 6.45) is 4.88. The number of amides is 1. The molecule has 2 aromatic heterocycles. The van der Waals surface area contributed by atoms with Gasteiger partial charge in [-0.05, 0) is 37.4 Å². The lowest BCUT2D eigenvalue weighted by Crippen LogP contribution is -2.45. The minimum Gasteiger partial charge on any atom is -0.397 e. The Labute approximate surface area is 132 Å². The molecule has 1 amide bonds. The van der Waals surface area contributed by atoms with Gasteiger partial charge >= 0.3 is 0 Å². The Bertz CT molecular complexity index is 803. The molecule has 22 heavy (non-hydrogen) atoms. The quantitative estimate of drug-likeness (QED) is 0.813. The predicted octanol–water partition coefficient (Wildman–Crippen LogP) is 1.99. The van der Waals surface area contributed by atoms with E-state index in [-0.39, 0.29) is 11.2 Å². The Morgan fingerprint density at radius 1 is 1.32 bits per heavy atom. The van der Waals surface area contributed by atoms with Gasteiger partial charge < -0.3 is 10.6 Å². The van der Waals surface area contributed by atoms with Crippen molar-refractivity contribution < 1.29 is 4.79 Å². The Morgan fingerprint density at radius 2 is 2.09 bits per heavy atom. The minimum atomic E-state index is -0.544. The number of carbonyl (C=O) groups is 1. The number of fused-ring (bicyclic) bond motifs is 2.